The first kappa shape index (κ1) is 17.6. The molecule has 0 saturated carbocycles. The Bertz CT molecular complexity index is 718. The van der Waals surface area contributed by atoms with Crippen molar-refractivity contribution in [1.29, 1.82) is 0 Å². The van der Waals surface area contributed by atoms with Crippen LogP contribution in [-0.4, -0.2) is 26.0 Å². The van der Waals surface area contributed by atoms with Crippen molar-refractivity contribution >= 4 is 29.5 Å². The second kappa shape index (κ2) is 8.79. The highest BCUT2D eigenvalue weighted by Crippen LogP contribution is 2.29. The summed E-state index contributed by atoms with van der Waals surface area (Å²) in [6, 6.07) is 11.7. The van der Waals surface area contributed by atoms with Crippen molar-refractivity contribution in [2.24, 2.45) is 5.10 Å². The van der Waals surface area contributed by atoms with Gasteiger partial charge in [0.15, 0.2) is 11.5 Å². The lowest BCUT2D eigenvalue weighted by atomic mass is 10.2. The SMILES string of the molecule is CCOc1cccc(/C=N\NC(=O)Nc2ccc(Cl)cc2)c1OC. The predicted molar refractivity (Wildman–Crippen MR) is 95.4 cm³/mol. The van der Waals surface area contributed by atoms with E-state index in [0.717, 1.165) is 0 Å². The van der Waals surface area contributed by atoms with Crippen LogP contribution < -0.4 is 20.2 Å². The molecule has 24 heavy (non-hydrogen) atoms. The topological polar surface area (TPSA) is 72.0 Å². The number of nitrogens with one attached hydrogen (secondary N) is 2. The number of hydrazone groups is 1. The highest BCUT2D eigenvalue weighted by atomic mass is 35.5. The standard InChI is InChI=1S/C17H18ClN3O3/c1-3-24-15-6-4-5-12(16(15)23-2)11-19-21-17(22)20-14-9-7-13(18)8-10-14/h4-11H,3H2,1-2H3,(H2,20,21,22)/b19-11-. The molecule has 0 aromatic heterocycles. The fourth-order valence-electron chi connectivity index (χ4n) is 1.97. The summed E-state index contributed by atoms with van der Waals surface area (Å²) in [7, 11) is 1.55. The first-order valence-corrected chi connectivity index (χ1v) is 7.67. The zero-order valence-corrected chi connectivity index (χ0v) is 14.1. The molecule has 0 bridgehead atoms. The maximum atomic E-state index is 11.8. The van der Waals surface area contributed by atoms with Crippen LogP contribution in [0.5, 0.6) is 11.5 Å². The van der Waals surface area contributed by atoms with Crippen molar-refractivity contribution in [2.75, 3.05) is 19.0 Å². The van der Waals surface area contributed by atoms with E-state index in [4.69, 9.17) is 21.1 Å². The van der Waals surface area contributed by atoms with Gasteiger partial charge < -0.3 is 14.8 Å². The molecule has 0 aliphatic heterocycles. The average Bonchev–Trinajstić information content (AvgIpc) is 2.57. The van der Waals surface area contributed by atoms with Gasteiger partial charge in [0.05, 0.1) is 19.9 Å². The summed E-state index contributed by atoms with van der Waals surface area (Å²) >= 11 is 5.79. The molecule has 0 fully saturated rings. The normalized spacial score (nSPS) is 10.5. The van der Waals surface area contributed by atoms with E-state index in [-0.39, 0.29) is 0 Å². The Balaban J connectivity index is 1.99. The molecule has 0 spiro atoms. The smallest absolute Gasteiger partial charge is 0.339 e. The average molecular weight is 348 g/mol. The Morgan fingerprint density at radius 3 is 2.67 bits per heavy atom. The van der Waals surface area contributed by atoms with Crippen molar-refractivity contribution in [1.82, 2.24) is 5.43 Å². The molecule has 0 saturated heterocycles. The van der Waals surface area contributed by atoms with Gasteiger partial charge in [0.2, 0.25) is 0 Å². The Morgan fingerprint density at radius 1 is 1.25 bits per heavy atom. The molecule has 0 atom stereocenters. The number of carbonyl (C=O) groups is 1. The number of halogens is 1. The van der Waals surface area contributed by atoms with Crippen molar-refractivity contribution in [2.45, 2.75) is 6.92 Å². The van der Waals surface area contributed by atoms with E-state index in [1.807, 2.05) is 19.1 Å². The molecule has 2 N–H and O–H groups in total. The number of nitrogens with zero attached hydrogens (tertiary/aromatic N) is 1. The first-order chi connectivity index (χ1) is 11.6. The van der Waals surface area contributed by atoms with Crippen LogP contribution in [0.1, 0.15) is 12.5 Å². The molecule has 0 heterocycles. The number of amides is 2. The third-order valence-corrected chi connectivity index (χ3v) is 3.24. The van der Waals surface area contributed by atoms with Gasteiger partial charge in [-0.2, -0.15) is 5.10 Å². The number of para-hydroxylation sites is 1. The zero-order valence-electron chi connectivity index (χ0n) is 13.4. The van der Waals surface area contributed by atoms with Crippen LogP contribution in [0.25, 0.3) is 0 Å². The fourth-order valence-corrected chi connectivity index (χ4v) is 2.10. The number of carbonyl (C=O) groups excluding carboxylic acids is 1. The fraction of sp³-hybridized carbons (Fsp3) is 0.176. The number of anilines is 1. The number of methoxy groups -OCH3 is 1. The second-order valence-electron chi connectivity index (χ2n) is 4.64. The molecule has 0 unspecified atom stereocenters. The first-order valence-electron chi connectivity index (χ1n) is 7.29. The minimum atomic E-state index is -0.464. The van der Waals surface area contributed by atoms with Gasteiger partial charge in [-0.15, -0.1) is 0 Å². The van der Waals surface area contributed by atoms with Gasteiger partial charge in [0, 0.05) is 16.3 Å². The highest BCUT2D eigenvalue weighted by Gasteiger charge is 2.08. The van der Waals surface area contributed by atoms with E-state index in [9.17, 15) is 4.79 Å². The lowest BCUT2D eigenvalue weighted by Crippen LogP contribution is -2.24. The molecule has 0 aliphatic rings. The second-order valence-corrected chi connectivity index (χ2v) is 5.08. The number of benzene rings is 2. The maximum absolute atomic E-state index is 11.8. The van der Waals surface area contributed by atoms with Crippen LogP contribution in [0.4, 0.5) is 10.5 Å². The molecule has 2 amide bonds. The van der Waals surface area contributed by atoms with Gasteiger partial charge >= 0.3 is 6.03 Å². The number of hydrogen-bond acceptors (Lipinski definition) is 4. The third-order valence-electron chi connectivity index (χ3n) is 2.99. The molecular weight excluding hydrogens is 330 g/mol. The summed E-state index contributed by atoms with van der Waals surface area (Å²) in [5.41, 5.74) is 3.69. The molecule has 0 aliphatic carbocycles. The van der Waals surface area contributed by atoms with Crippen LogP contribution in [-0.2, 0) is 0 Å². The summed E-state index contributed by atoms with van der Waals surface area (Å²) < 4.78 is 10.8. The Labute approximate surface area is 145 Å². The van der Waals surface area contributed by atoms with Crippen molar-refractivity contribution < 1.29 is 14.3 Å². The summed E-state index contributed by atoms with van der Waals surface area (Å²) in [5, 5.41) is 7.15. The van der Waals surface area contributed by atoms with Crippen molar-refractivity contribution in [3.05, 3.63) is 53.1 Å². The number of ether oxygens (including phenoxy) is 2. The van der Waals surface area contributed by atoms with Gasteiger partial charge in [-0.25, -0.2) is 10.2 Å². The van der Waals surface area contributed by atoms with Gasteiger partial charge in [-0.3, -0.25) is 0 Å². The van der Waals surface area contributed by atoms with Gasteiger partial charge in [-0.1, -0.05) is 17.7 Å². The van der Waals surface area contributed by atoms with E-state index in [1.54, 1.807) is 37.4 Å². The Hall–Kier alpha value is -2.73. The minimum Gasteiger partial charge on any atom is -0.492 e. The molecule has 2 aromatic carbocycles. The Morgan fingerprint density at radius 2 is 2.00 bits per heavy atom. The van der Waals surface area contributed by atoms with E-state index in [0.29, 0.717) is 34.4 Å². The van der Waals surface area contributed by atoms with E-state index < -0.39 is 6.03 Å². The molecule has 2 rings (SSSR count). The largest absolute Gasteiger partial charge is 0.492 e. The van der Waals surface area contributed by atoms with E-state index in [2.05, 4.69) is 15.8 Å². The highest BCUT2D eigenvalue weighted by molar-refractivity contribution is 6.30. The van der Waals surface area contributed by atoms with Crippen LogP contribution in [0.2, 0.25) is 5.02 Å². The molecule has 6 nitrogen and oxygen atoms in total. The van der Waals surface area contributed by atoms with Crippen LogP contribution in [0.3, 0.4) is 0 Å². The zero-order chi connectivity index (χ0) is 17.4. The summed E-state index contributed by atoms with van der Waals surface area (Å²) in [6.07, 6.45) is 1.49. The lowest BCUT2D eigenvalue weighted by Gasteiger charge is -2.11. The number of hydrogen-bond donors (Lipinski definition) is 2. The summed E-state index contributed by atoms with van der Waals surface area (Å²) in [4.78, 5) is 11.8. The monoisotopic (exact) mass is 347 g/mol. The van der Waals surface area contributed by atoms with Gasteiger partial charge in [-0.05, 0) is 43.3 Å². The predicted octanol–water partition coefficient (Wildman–Crippen LogP) is 3.90. The molecule has 2 aromatic rings. The van der Waals surface area contributed by atoms with Crippen LogP contribution in [0.15, 0.2) is 47.6 Å². The van der Waals surface area contributed by atoms with Crippen molar-refractivity contribution in [3.8, 4) is 11.5 Å². The molecule has 0 radical (unpaired) electrons. The van der Waals surface area contributed by atoms with Gasteiger partial charge in [0.1, 0.15) is 0 Å². The maximum Gasteiger partial charge on any atom is 0.339 e. The number of rotatable bonds is 6. The van der Waals surface area contributed by atoms with E-state index >= 15 is 0 Å². The lowest BCUT2D eigenvalue weighted by molar-refractivity contribution is 0.252. The van der Waals surface area contributed by atoms with Crippen molar-refractivity contribution in [3.63, 3.8) is 0 Å². The van der Waals surface area contributed by atoms with E-state index in [1.165, 1.54) is 6.21 Å². The Kier molecular flexibility index (Phi) is 6.45. The van der Waals surface area contributed by atoms with Crippen LogP contribution >= 0.6 is 11.6 Å². The minimum absolute atomic E-state index is 0.464. The third kappa shape index (κ3) is 4.89. The summed E-state index contributed by atoms with van der Waals surface area (Å²) in [5.74, 6) is 1.18. The quantitative estimate of drug-likeness (QED) is 0.615. The van der Waals surface area contributed by atoms with Crippen LogP contribution in [0, 0.1) is 0 Å². The molecular formula is C17H18ClN3O3. The number of urea groups is 1. The molecule has 126 valence electrons. The van der Waals surface area contributed by atoms with Gasteiger partial charge in [0.25, 0.3) is 0 Å². The summed E-state index contributed by atoms with van der Waals surface area (Å²) in [6.45, 7) is 2.42. The molecule has 7 heteroatoms.